The normalized spacial score (nSPS) is 10.8. The second-order valence-corrected chi connectivity index (χ2v) is 5.03. The molecule has 0 saturated carbocycles. The number of rotatable bonds is 6. The van der Waals surface area contributed by atoms with Crippen LogP contribution in [0.15, 0.2) is 17.0 Å². The zero-order valence-electron chi connectivity index (χ0n) is 9.86. The van der Waals surface area contributed by atoms with E-state index in [1.54, 1.807) is 12.5 Å². The third-order valence-electron chi connectivity index (χ3n) is 2.17. The van der Waals surface area contributed by atoms with Crippen LogP contribution in [0.3, 0.4) is 0 Å². The monoisotopic (exact) mass is 286 g/mol. The molecule has 5 heteroatoms. The van der Waals surface area contributed by atoms with Gasteiger partial charge in [-0.05, 0) is 34.8 Å². The molecule has 1 heterocycles. The van der Waals surface area contributed by atoms with Crippen LogP contribution >= 0.6 is 15.9 Å². The van der Waals surface area contributed by atoms with Crippen LogP contribution in [0, 0.1) is 5.92 Å². The van der Waals surface area contributed by atoms with Gasteiger partial charge in [0.1, 0.15) is 12.1 Å². The van der Waals surface area contributed by atoms with Gasteiger partial charge < -0.3 is 10.6 Å². The van der Waals surface area contributed by atoms with E-state index in [0.29, 0.717) is 12.5 Å². The molecular formula is C11H19BrN4. The van der Waals surface area contributed by atoms with Crippen molar-refractivity contribution >= 4 is 21.7 Å². The maximum absolute atomic E-state index is 5.55. The molecule has 90 valence electrons. The van der Waals surface area contributed by atoms with E-state index in [2.05, 4.69) is 44.6 Å². The number of nitrogens with zero attached hydrogens (tertiary/aromatic N) is 3. The summed E-state index contributed by atoms with van der Waals surface area (Å²) in [5.41, 5.74) is 5.55. The van der Waals surface area contributed by atoms with Gasteiger partial charge in [-0.25, -0.2) is 9.97 Å². The molecule has 0 aliphatic heterocycles. The fraction of sp³-hybridized carbons (Fsp3) is 0.636. The lowest BCUT2D eigenvalue weighted by Gasteiger charge is -2.26. The summed E-state index contributed by atoms with van der Waals surface area (Å²) >= 11 is 3.48. The highest BCUT2D eigenvalue weighted by atomic mass is 79.9. The maximum atomic E-state index is 5.55. The average molecular weight is 287 g/mol. The lowest BCUT2D eigenvalue weighted by Crippen LogP contribution is -2.31. The Kier molecular flexibility index (Phi) is 5.69. The zero-order valence-corrected chi connectivity index (χ0v) is 11.4. The Hall–Kier alpha value is -0.680. The van der Waals surface area contributed by atoms with Gasteiger partial charge in [0.2, 0.25) is 0 Å². The number of hydrogen-bond donors (Lipinski definition) is 1. The summed E-state index contributed by atoms with van der Waals surface area (Å²) in [7, 11) is 0. The van der Waals surface area contributed by atoms with Crippen LogP contribution in [0.25, 0.3) is 0 Å². The van der Waals surface area contributed by atoms with E-state index in [4.69, 9.17) is 5.73 Å². The van der Waals surface area contributed by atoms with Crippen LogP contribution in [0.2, 0.25) is 0 Å². The topological polar surface area (TPSA) is 55.0 Å². The molecule has 0 aromatic carbocycles. The molecule has 0 atom stereocenters. The summed E-state index contributed by atoms with van der Waals surface area (Å²) in [5, 5.41) is 0. The minimum atomic E-state index is 0.597. The first-order valence-corrected chi connectivity index (χ1v) is 6.35. The Labute approximate surface area is 105 Å². The van der Waals surface area contributed by atoms with E-state index in [9.17, 15) is 0 Å². The molecule has 1 rings (SSSR count). The molecule has 0 fully saturated rings. The molecule has 0 unspecified atom stereocenters. The van der Waals surface area contributed by atoms with Crippen molar-refractivity contribution in [2.24, 2.45) is 11.7 Å². The van der Waals surface area contributed by atoms with Gasteiger partial charge >= 0.3 is 0 Å². The Morgan fingerprint density at radius 1 is 1.50 bits per heavy atom. The van der Waals surface area contributed by atoms with Crippen molar-refractivity contribution in [3.63, 3.8) is 0 Å². The summed E-state index contributed by atoms with van der Waals surface area (Å²) < 4.78 is 0.938. The van der Waals surface area contributed by atoms with Gasteiger partial charge in [0, 0.05) is 19.3 Å². The first-order chi connectivity index (χ1) is 7.65. The first kappa shape index (κ1) is 13.4. The molecule has 2 N–H and O–H groups in total. The first-order valence-electron chi connectivity index (χ1n) is 5.55. The Balaban J connectivity index is 2.78. The van der Waals surface area contributed by atoms with Gasteiger partial charge in [-0.2, -0.15) is 0 Å². The molecule has 0 saturated heterocycles. The van der Waals surface area contributed by atoms with E-state index in [1.807, 2.05) is 0 Å². The van der Waals surface area contributed by atoms with E-state index in [0.717, 1.165) is 29.8 Å². The second-order valence-electron chi connectivity index (χ2n) is 4.18. The fourth-order valence-corrected chi connectivity index (χ4v) is 2.02. The van der Waals surface area contributed by atoms with Gasteiger partial charge in [-0.3, -0.25) is 0 Å². The fourth-order valence-electron chi connectivity index (χ4n) is 1.55. The Morgan fingerprint density at radius 2 is 2.25 bits per heavy atom. The van der Waals surface area contributed by atoms with Gasteiger partial charge in [0.05, 0.1) is 4.47 Å². The Morgan fingerprint density at radius 3 is 2.81 bits per heavy atom. The van der Waals surface area contributed by atoms with Crippen molar-refractivity contribution in [2.75, 3.05) is 24.5 Å². The molecule has 0 spiro atoms. The van der Waals surface area contributed by atoms with Crippen molar-refractivity contribution in [2.45, 2.75) is 20.3 Å². The molecule has 16 heavy (non-hydrogen) atoms. The number of halogens is 1. The summed E-state index contributed by atoms with van der Waals surface area (Å²) in [6, 6.07) is 0. The van der Waals surface area contributed by atoms with Crippen molar-refractivity contribution in [1.82, 2.24) is 9.97 Å². The third kappa shape index (κ3) is 4.06. The largest absolute Gasteiger partial charge is 0.355 e. The predicted molar refractivity (Wildman–Crippen MR) is 70.5 cm³/mol. The number of hydrogen-bond acceptors (Lipinski definition) is 4. The van der Waals surface area contributed by atoms with Gasteiger partial charge in [0.15, 0.2) is 0 Å². The summed E-state index contributed by atoms with van der Waals surface area (Å²) in [6.45, 7) is 7.02. The van der Waals surface area contributed by atoms with Crippen LogP contribution < -0.4 is 10.6 Å². The van der Waals surface area contributed by atoms with Crippen molar-refractivity contribution < 1.29 is 0 Å². The molecule has 0 radical (unpaired) electrons. The number of anilines is 1. The van der Waals surface area contributed by atoms with Crippen LogP contribution in [-0.4, -0.2) is 29.6 Å². The van der Waals surface area contributed by atoms with Gasteiger partial charge in [0.25, 0.3) is 0 Å². The molecule has 1 aromatic heterocycles. The number of nitrogens with two attached hydrogens (primary N) is 1. The highest BCUT2D eigenvalue weighted by molar-refractivity contribution is 9.10. The molecule has 0 aliphatic rings. The van der Waals surface area contributed by atoms with Crippen molar-refractivity contribution in [3.8, 4) is 0 Å². The van der Waals surface area contributed by atoms with E-state index in [1.165, 1.54) is 0 Å². The van der Waals surface area contributed by atoms with Crippen LogP contribution in [0.1, 0.15) is 20.3 Å². The molecular weight excluding hydrogens is 268 g/mol. The molecule has 1 aromatic rings. The lowest BCUT2D eigenvalue weighted by molar-refractivity contribution is 0.595. The van der Waals surface area contributed by atoms with Crippen molar-refractivity contribution in [3.05, 3.63) is 17.0 Å². The average Bonchev–Trinajstić information content (AvgIpc) is 2.24. The summed E-state index contributed by atoms with van der Waals surface area (Å²) in [4.78, 5) is 10.5. The van der Waals surface area contributed by atoms with Crippen LogP contribution in [0.4, 0.5) is 5.82 Å². The smallest absolute Gasteiger partial charge is 0.146 e. The van der Waals surface area contributed by atoms with Gasteiger partial charge in [-0.1, -0.05) is 13.8 Å². The van der Waals surface area contributed by atoms with E-state index >= 15 is 0 Å². The zero-order chi connectivity index (χ0) is 12.0. The molecule has 0 bridgehead atoms. The Bertz CT molecular complexity index is 317. The van der Waals surface area contributed by atoms with E-state index < -0.39 is 0 Å². The molecule has 0 aliphatic carbocycles. The highest BCUT2D eigenvalue weighted by Crippen LogP contribution is 2.22. The predicted octanol–water partition coefficient (Wildman–Crippen LogP) is 2.05. The van der Waals surface area contributed by atoms with Gasteiger partial charge in [-0.15, -0.1) is 0 Å². The molecule has 0 amide bonds. The van der Waals surface area contributed by atoms with Crippen molar-refractivity contribution in [1.29, 1.82) is 0 Å². The second kappa shape index (κ2) is 6.81. The minimum absolute atomic E-state index is 0.597. The summed E-state index contributed by atoms with van der Waals surface area (Å²) in [5.74, 6) is 1.55. The van der Waals surface area contributed by atoms with Crippen LogP contribution in [0.5, 0.6) is 0 Å². The highest BCUT2D eigenvalue weighted by Gasteiger charge is 2.12. The third-order valence-corrected chi connectivity index (χ3v) is 2.72. The lowest BCUT2D eigenvalue weighted by atomic mass is 10.2. The summed E-state index contributed by atoms with van der Waals surface area (Å²) in [6.07, 6.45) is 4.33. The standard InChI is InChI=1S/C11H19BrN4/c1-9(2)7-16(5-3-4-13)11-10(12)6-14-8-15-11/h6,8-9H,3-5,7,13H2,1-2H3. The van der Waals surface area contributed by atoms with Crippen LogP contribution in [-0.2, 0) is 0 Å². The number of aromatic nitrogens is 2. The SMILES string of the molecule is CC(C)CN(CCCN)c1ncncc1Br. The maximum Gasteiger partial charge on any atom is 0.146 e. The quantitative estimate of drug-likeness (QED) is 0.870. The van der Waals surface area contributed by atoms with E-state index in [-0.39, 0.29) is 0 Å². The minimum Gasteiger partial charge on any atom is -0.355 e. The molecule has 4 nitrogen and oxygen atoms in total.